The Balaban J connectivity index is 1.16. The third kappa shape index (κ3) is 15.2. The fourth-order valence-electron chi connectivity index (χ4n) is 6.78. The van der Waals surface area contributed by atoms with Crippen LogP contribution in [-0.4, -0.2) is 58.1 Å². The summed E-state index contributed by atoms with van der Waals surface area (Å²) in [5, 5.41) is 13.5. The van der Waals surface area contributed by atoms with Crippen LogP contribution < -0.4 is 10.5 Å². The van der Waals surface area contributed by atoms with Gasteiger partial charge >= 0.3 is 7.82 Å². The van der Waals surface area contributed by atoms with Crippen LogP contribution in [0.4, 0.5) is 10.2 Å². The van der Waals surface area contributed by atoms with E-state index in [0.29, 0.717) is 30.8 Å². The van der Waals surface area contributed by atoms with Gasteiger partial charge in [0.25, 0.3) is 0 Å². The monoisotopic (exact) mass is 773 g/mol. The summed E-state index contributed by atoms with van der Waals surface area (Å²) in [7, 11) is -4.50. The second kappa shape index (κ2) is 23.1. The molecule has 54 heavy (non-hydrogen) atoms. The van der Waals surface area contributed by atoms with Gasteiger partial charge < -0.3 is 24.8 Å². The molecule has 0 saturated carbocycles. The molecule has 1 unspecified atom stereocenters. The smallest absolute Gasteiger partial charge is 0.472 e. The molecule has 12 nitrogen and oxygen atoms in total. The fraction of sp³-hybridized carbons (Fsp3) is 0.675. The highest BCUT2D eigenvalue weighted by molar-refractivity contribution is 7.47. The van der Waals surface area contributed by atoms with E-state index in [1.165, 1.54) is 95.5 Å². The minimum absolute atomic E-state index is 0.00895. The van der Waals surface area contributed by atoms with Gasteiger partial charge in [-0.25, -0.2) is 18.5 Å². The quantitative estimate of drug-likeness (QED) is 0.0533. The molecule has 1 aliphatic rings. The number of rotatable bonds is 28. The molecule has 1 fully saturated rings. The van der Waals surface area contributed by atoms with Gasteiger partial charge in [0.15, 0.2) is 5.82 Å². The molecule has 0 aliphatic carbocycles. The van der Waals surface area contributed by atoms with Crippen molar-refractivity contribution in [2.75, 3.05) is 38.8 Å². The maximum atomic E-state index is 14.0. The van der Waals surface area contributed by atoms with Crippen molar-refractivity contribution < 1.29 is 37.1 Å². The summed E-state index contributed by atoms with van der Waals surface area (Å²) in [6.45, 7) is 4.44. The van der Waals surface area contributed by atoms with Crippen LogP contribution in [0.15, 0.2) is 36.7 Å². The number of nitrogens with two attached hydrogens (primary N) is 1. The first kappa shape index (κ1) is 43.6. The molecule has 0 spiro atoms. The van der Waals surface area contributed by atoms with Crippen LogP contribution in [0.1, 0.15) is 140 Å². The Bertz CT molecular complexity index is 1640. The molecule has 4 atom stereocenters. The predicted molar refractivity (Wildman–Crippen MR) is 206 cm³/mol. The summed E-state index contributed by atoms with van der Waals surface area (Å²) in [6.07, 6.45) is 21.5. The lowest BCUT2D eigenvalue weighted by atomic mass is 10.0. The van der Waals surface area contributed by atoms with Crippen molar-refractivity contribution in [2.45, 2.75) is 135 Å². The SMILES string of the molecule is CCCCCCCCCCCCCCCCCOC[C@@H](COc1cc(F)cc(C#N)c1)COP(=O)(O)OC[C@]1(C)CC[C@H](c2ccc3c(N)ncnn23)O1. The van der Waals surface area contributed by atoms with Crippen molar-refractivity contribution in [3.63, 3.8) is 0 Å². The van der Waals surface area contributed by atoms with Crippen LogP contribution in [0.5, 0.6) is 5.75 Å². The Kier molecular flexibility index (Phi) is 18.6. The van der Waals surface area contributed by atoms with E-state index in [4.69, 9.17) is 29.0 Å². The number of hydrogen-bond acceptors (Lipinski definition) is 10. The van der Waals surface area contributed by atoms with Gasteiger partial charge in [0, 0.05) is 18.6 Å². The van der Waals surface area contributed by atoms with Crippen molar-refractivity contribution in [3.8, 4) is 11.8 Å². The van der Waals surface area contributed by atoms with Gasteiger partial charge in [-0.15, -0.1) is 0 Å². The molecule has 14 heteroatoms. The Hall–Kier alpha value is -3.11. The maximum absolute atomic E-state index is 14.0. The van der Waals surface area contributed by atoms with E-state index in [-0.39, 0.29) is 43.8 Å². The summed E-state index contributed by atoms with van der Waals surface area (Å²) in [6, 6.07) is 9.36. The Labute approximate surface area is 320 Å². The van der Waals surface area contributed by atoms with E-state index in [1.807, 2.05) is 25.1 Å². The molecule has 4 rings (SSSR count). The van der Waals surface area contributed by atoms with Crippen molar-refractivity contribution in [3.05, 3.63) is 53.7 Å². The lowest BCUT2D eigenvalue weighted by molar-refractivity contribution is -0.0646. The molecule has 300 valence electrons. The van der Waals surface area contributed by atoms with Crippen molar-refractivity contribution in [2.24, 2.45) is 5.92 Å². The highest BCUT2D eigenvalue weighted by Crippen LogP contribution is 2.47. The third-order valence-corrected chi connectivity index (χ3v) is 10.9. The first-order valence-electron chi connectivity index (χ1n) is 19.9. The third-order valence-electron chi connectivity index (χ3n) is 9.94. The summed E-state index contributed by atoms with van der Waals surface area (Å²) in [4.78, 5) is 14.6. The first-order valence-corrected chi connectivity index (χ1v) is 21.4. The summed E-state index contributed by atoms with van der Waals surface area (Å²) in [5.41, 5.74) is 6.74. The fourth-order valence-corrected chi connectivity index (χ4v) is 7.69. The maximum Gasteiger partial charge on any atom is 0.472 e. The van der Waals surface area contributed by atoms with E-state index in [0.717, 1.165) is 31.0 Å². The van der Waals surface area contributed by atoms with Crippen LogP contribution in [0.3, 0.4) is 0 Å². The summed E-state index contributed by atoms with van der Waals surface area (Å²) >= 11 is 0. The number of nitrogen functional groups attached to an aromatic ring is 1. The number of phosphoric acid groups is 1. The van der Waals surface area contributed by atoms with Gasteiger partial charge in [-0.3, -0.25) is 9.05 Å². The van der Waals surface area contributed by atoms with Crippen LogP contribution in [0.2, 0.25) is 0 Å². The molecule has 2 aromatic heterocycles. The summed E-state index contributed by atoms with van der Waals surface area (Å²) < 4.78 is 57.6. The molecule has 0 radical (unpaired) electrons. The minimum Gasteiger partial charge on any atom is -0.493 e. The average Bonchev–Trinajstić information content (AvgIpc) is 3.77. The van der Waals surface area contributed by atoms with Crippen LogP contribution in [0.25, 0.3) is 5.52 Å². The molecule has 3 N–H and O–H groups in total. The van der Waals surface area contributed by atoms with E-state index in [2.05, 4.69) is 17.0 Å². The normalized spacial score (nSPS) is 18.8. The highest BCUT2D eigenvalue weighted by Gasteiger charge is 2.40. The van der Waals surface area contributed by atoms with Crippen LogP contribution in [0, 0.1) is 23.1 Å². The number of fused-ring (bicyclic) bond motifs is 1. The number of anilines is 1. The number of nitrogens with zero attached hydrogens (tertiary/aromatic N) is 4. The predicted octanol–water partition coefficient (Wildman–Crippen LogP) is 9.65. The van der Waals surface area contributed by atoms with E-state index in [9.17, 15) is 19.1 Å². The van der Waals surface area contributed by atoms with Crippen LogP contribution >= 0.6 is 7.82 Å². The van der Waals surface area contributed by atoms with Gasteiger partial charge in [0.05, 0.1) is 49.4 Å². The van der Waals surface area contributed by atoms with Gasteiger partial charge in [0.2, 0.25) is 0 Å². The van der Waals surface area contributed by atoms with Gasteiger partial charge in [0.1, 0.15) is 29.5 Å². The number of phosphoric ester groups is 1. The first-order chi connectivity index (χ1) is 26.1. The van der Waals surface area contributed by atoms with Crippen LogP contribution in [-0.2, 0) is 23.1 Å². The zero-order valence-electron chi connectivity index (χ0n) is 32.3. The topological polar surface area (TPSA) is 163 Å². The lowest BCUT2D eigenvalue weighted by Crippen LogP contribution is -2.30. The lowest BCUT2D eigenvalue weighted by Gasteiger charge is -2.26. The minimum atomic E-state index is -4.50. The molecule has 1 aliphatic heterocycles. The largest absolute Gasteiger partial charge is 0.493 e. The Morgan fingerprint density at radius 1 is 1.00 bits per heavy atom. The Morgan fingerprint density at radius 3 is 2.33 bits per heavy atom. The van der Waals surface area contributed by atoms with E-state index < -0.39 is 25.2 Å². The Morgan fingerprint density at radius 2 is 1.67 bits per heavy atom. The number of aromatic nitrogens is 3. The standard InChI is InChI=1S/C40H61FN5O7P/c1-3-4-5-6-7-8-9-10-11-12-13-14-15-16-17-22-49-27-33(28-50-35-24-32(26-42)23-34(41)25-35)29-51-54(47,48)52-30-40(2)21-20-38(53-40)36-18-19-37-39(43)44-31-45-46(36)37/h18-19,23-25,31,33,38H,3-17,20-22,27-30H2,1-2H3,(H,47,48)(H2,43,44,45)/t33-,38+,40-/m0/s1. The van der Waals surface area contributed by atoms with Crippen molar-refractivity contribution in [1.82, 2.24) is 14.6 Å². The molecular formula is C40H61FN5O7P. The summed E-state index contributed by atoms with van der Waals surface area (Å²) in [5.74, 6) is -0.533. The zero-order chi connectivity index (χ0) is 38.7. The highest BCUT2D eigenvalue weighted by atomic mass is 31.2. The molecule has 0 bridgehead atoms. The number of ether oxygens (including phenoxy) is 3. The number of unbranched alkanes of at least 4 members (excludes halogenated alkanes) is 14. The second-order valence-corrected chi connectivity index (χ2v) is 16.3. The van der Waals surface area contributed by atoms with Crippen molar-refractivity contribution >= 4 is 19.2 Å². The average molecular weight is 774 g/mol. The second-order valence-electron chi connectivity index (χ2n) is 14.8. The molecule has 1 saturated heterocycles. The molecule has 0 amide bonds. The van der Waals surface area contributed by atoms with E-state index >= 15 is 0 Å². The molecule has 3 aromatic rings. The molecule has 3 heterocycles. The molecule has 1 aromatic carbocycles. The van der Waals surface area contributed by atoms with Gasteiger partial charge in [-0.1, -0.05) is 96.8 Å². The number of benzene rings is 1. The zero-order valence-corrected chi connectivity index (χ0v) is 33.2. The number of halogens is 1. The number of hydrogen-bond donors (Lipinski definition) is 2. The van der Waals surface area contributed by atoms with Crippen molar-refractivity contribution in [1.29, 1.82) is 5.26 Å². The van der Waals surface area contributed by atoms with Gasteiger partial charge in [-0.05, 0) is 50.5 Å². The molecular weight excluding hydrogens is 712 g/mol. The van der Waals surface area contributed by atoms with E-state index in [1.54, 1.807) is 4.52 Å². The number of nitriles is 1. The van der Waals surface area contributed by atoms with Gasteiger partial charge in [-0.2, -0.15) is 10.4 Å².